The smallest absolute Gasteiger partial charge is 0.226 e. The Morgan fingerprint density at radius 2 is 1.57 bits per heavy atom. The maximum Gasteiger partial charge on any atom is 0.226 e. The second kappa shape index (κ2) is 6.74. The third-order valence-corrected chi connectivity index (χ3v) is 3.26. The highest BCUT2D eigenvalue weighted by Crippen LogP contribution is 2.22. The second-order valence-corrected chi connectivity index (χ2v) is 6.58. The van der Waals surface area contributed by atoms with Gasteiger partial charge in [-0.1, -0.05) is 38.5 Å². The van der Waals surface area contributed by atoms with Crippen molar-refractivity contribution in [1.82, 2.24) is 5.32 Å². The highest BCUT2D eigenvalue weighted by molar-refractivity contribution is 5.93. The fourth-order valence-electron chi connectivity index (χ4n) is 2.13. The van der Waals surface area contributed by atoms with Gasteiger partial charge in [0.15, 0.2) is 0 Å². The molecule has 4 nitrogen and oxygen atoms in total. The number of nitrogens with one attached hydrogen (secondary N) is 2. The molecule has 0 aromatic heterocycles. The molecule has 0 bridgehead atoms. The quantitative estimate of drug-likeness (QED) is 0.895. The van der Waals surface area contributed by atoms with Crippen LogP contribution >= 0.6 is 0 Å². The Labute approximate surface area is 127 Å². The van der Waals surface area contributed by atoms with Crippen LogP contribution in [0.2, 0.25) is 0 Å². The van der Waals surface area contributed by atoms with Crippen molar-refractivity contribution >= 4 is 17.5 Å². The highest BCUT2D eigenvalue weighted by atomic mass is 16.2. The van der Waals surface area contributed by atoms with Gasteiger partial charge in [-0.15, -0.1) is 0 Å². The highest BCUT2D eigenvalue weighted by Gasteiger charge is 2.20. The summed E-state index contributed by atoms with van der Waals surface area (Å²) in [5.74, 6) is -0.128. The van der Waals surface area contributed by atoms with Gasteiger partial charge in [0.2, 0.25) is 11.8 Å². The van der Waals surface area contributed by atoms with Gasteiger partial charge < -0.3 is 10.6 Å². The van der Waals surface area contributed by atoms with E-state index in [-0.39, 0.29) is 18.2 Å². The summed E-state index contributed by atoms with van der Waals surface area (Å²) in [5.41, 5.74) is 3.73. The first-order valence-corrected chi connectivity index (χ1v) is 7.27. The minimum absolute atomic E-state index is 0.0435. The molecule has 0 atom stereocenters. The van der Waals surface area contributed by atoms with Gasteiger partial charge in [-0.25, -0.2) is 0 Å². The molecule has 0 aliphatic rings. The Balaban J connectivity index is 2.54. The second-order valence-electron chi connectivity index (χ2n) is 6.58. The van der Waals surface area contributed by atoms with E-state index < -0.39 is 5.41 Å². The molecule has 116 valence electrons. The van der Waals surface area contributed by atoms with E-state index >= 15 is 0 Å². The van der Waals surface area contributed by atoms with Crippen LogP contribution < -0.4 is 10.6 Å². The van der Waals surface area contributed by atoms with Crippen LogP contribution in [0.4, 0.5) is 5.69 Å². The third-order valence-electron chi connectivity index (χ3n) is 3.26. The van der Waals surface area contributed by atoms with Crippen molar-refractivity contribution in [3.63, 3.8) is 0 Å². The Bertz CT molecular complexity index is 519. The normalized spacial score (nSPS) is 11.1. The first kappa shape index (κ1) is 17.2. The molecule has 1 aromatic carbocycles. The number of rotatable bonds is 4. The van der Waals surface area contributed by atoms with E-state index in [2.05, 4.69) is 10.6 Å². The van der Waals surface area contributed by atoms with Crippen LogP contribution in [0.3, 0.4) is 0 Å². The van der Waals surface area contributed by atoms with Crippen LogP contribution in [0.25, 0.3) is 0 Å². The Morgan fingerprint density at radius 3 is 2.05 bits per heavy atom. The number of benzene rings is 1. The summed E-state index contributed by atoms with van der Waals surface area (Å²) in [6.45, 7) is 11.9. The van der Waals surface area contributed by atoms with Crippen molar-refractivity contribution in [3.8, 4) is 0 Å². The van der Waals surface area contributed by atoms with E-state index in [1.165, 1.54) is 5.56 Å². The summed E-state index contributed by atoms with van der Waals surface area (Å²) in [7, 11) is 0. The summed E-state index contributed by atoms with van der Waals surface area (Å²) in [4.78, 5) is 23.7. The number of carbonyl (C=O) groups excluding carboxylic acids is 2. The number of hydrogen-bond donors (Lipinski definition) is 2. The van der Waals surface area contributed by atoms with Crippen LogP contribution in [-0.2, 0) is 9.59 Å². The average molecular weight is 290 g/mol. The van der Waals surface area contributed by atoms with Gasteiger partial charge >= 0.3 is 0 Å². The van der Waals surface area contributed by atoms with Gasteiger partial charge in [0.25, 0.3) is 0 Å². The molecule has 0 aliphatic carbocycles. The van der Waals surface area contributed by atoms with Crippen LogP contribution in [0.15, 0.2) is 12.1 Å². The van der Waals surface area contributed by atoms with E-state index in [0.29, 0.717) is 6.54 Å². The number of anilines is 1. The van der Waals surface area contributed by atoms with E-state index in [4.69, 9.17) is 0 Å². The summed E-state index contributed by atoms with van der Waals surface area (Å²) in [5, 5.41) is 5.71. The molecule has 2 amide bonds. The Morgan fingerprint density at radius 1 is 1.05 bits per heavy atom. The van der Waals surface area contributed by atoms with Crippen LogP contribution in [0.5, 0.6) is 0 Å². The molecule has 0 unspecified atom stereocenters. The Kier molecular flexibility index (Phi) is 5.53. The first-order valence-electron chi connectivity index (χ1n) is 7.27. The van der Waals surface area contributed by atoms with Crippen LogP contribution in [-0.4, -0.2) is 18.4 Å². The lowest BCUT2D eigenvalue weighted by Crippen LogP contribution is -2.36. The van der Waals surface area contributed by atoms with Gasteiger partial charge in [0, 0.05) is 24.1 Å². The maximum atomic E-state index is 12.0. The summed E-state index contributed by atoms with van der Waals surface area (Å²) in [6.07, 6.45) is 0.272. The topological polar surface area (TPSA) is 58.2 Å². The standard InChI is InChI=1S/C17H26N2O2/c1-11-9-12(2)15(13(3)10-11)19-14(20)7-8-18-16(21)17(4,5)6/h9-10H,7-8H2,1-6H3,(H,18,21)(H,19,20). The minimum Gasteiger partial charge on any atom is -0.355 e. The molecule has 0 spiro atoms. The predicted octanol–water partition coefficient (Wildman–Crippen LogP) is 3.10. The molecule has 0 radical (unpaired) electrons. The molecular weight excluding hydrogens is 264 g/mol. The lowest BCUT2D eigenvalue weighted by molar-refractivity contribution is -0.128. The van der Waals surface area contributed by atoms with Gasteiger partial charge in [-0.05, 0) is 31.9 Å². The van der Waals surface area contributed by atoms with E-state index in [9.17, 15) is 9.59 Å². The van der Waals surface area contributed by atoms with Crippen molar-refractivity contribution in [1.29, 1.82) is 0 Å². The zero-order valence-electron chi connectivity index (χ0n) is 13.9. The molecule has 0 heterocycles. The maximum absolute atomic E-state index is 12.0. The molecule has 1 rings (SSSR count). The average Bonchev–Trinajstić information content (AvgIpc) is 2.32. The van der Waals surface area contributed by atoms with Crippen LogP contribution in [0, 0.1) is 26.2 Å². The van der Waals surface area contributed by atoms with Crippen molar-refractivity contribution in [2.45, 2.75) is 48.0 Å². The van der Waals surface area contributed by atoms with Gasteiger partial charge in [-0.2, -0.15) is 0 Å². The Hall–Kier alpha value is -1.84. The number of amides is 2. The van der Waals surface area contributed by atoms with Gasteiger partial charge in [0.05, 0.1) is 0 Å². The third kappa shape index (κ3) is 5.21. The molecule has 0 aliphatic heterocycles. The van der Waals surface area contributed by atoms with Crippen molar-refractivity contribution < 1.29 is 9.59 Å². The monoisotopic (exact) mass is 290 g/mol. The van der Waals surface area contributed by atoms with E-state index in [1.54, 1.807) is 0 Å². The van der Waals surface area contributed by atoms with E-state index in [1.807, 2.05) is 53.7 Å². The van der Waals surface area contributed by atoms with Crippen molar-refractivity contribution in [2.24, 2.45) is 5.41 Å². The minimum atomic E-state index is -0.430. The zero-order valence-corrected chi connectivity index (χ0v) is 13.9. The van der Waals surface area contributed by atoms with Crippen molar-refractivity contribution in [2.75, 3.05) is 11.9 Å². The fourth-order valence-corrected chi connectivity index (χ4v) is 2.13. The molecule has 0 saturated carbocycles. The summed E-state index contributed by atoms with van der Waals surface area (Å²) in [6, 6.07) is 4.09. The molecule has 0 saturated heterocycles. The van der Waals surface area contributed by atoms with E-state index in [0.717, 1.165) is 16.8 Å². The number of aryl methyl sites for hydroxylation is 3. The predicted molar refractivity (Wildman–Crippen MR) is 86.4 cm³/mol. The van der Waals surface area contributed by atoms with Gasteiger partial charge in [-0.3, -0.25) is 9.59 Å². The lowest BCUT2D eigenvalue weighted by atomic mass is 9.96. The number of carbonyl (C=O) groups is 2. The summed E-state index contributed by atoms with van der Waals surface area (Å²) >= 11 is 0. The molecule has 1 aromatic rings. The molecule has 21 heavy (non-hydrogen) atoms. The van der Waals surface area contributed by atoms with Crippen molar-refractivity contribution in [3.05, 3.63) is 28.8 Å². The SMILES string of the molecule is Cc1cc(C)c(NC(=O)CCNC(=O)C(C)(C)C)c(C)c1. The first-order chi connectivity index (χ1) is 9.61. The van der Waals surface area contributed by atoms with Crippen LogP contribution in [0.1, 0.15) is 43.9 Å². The molecule has 4 heteroatoms. The largest absolute Gasteiger partial charge is 0.355 e. The molecule has 2 N–H and O–H groups in total. The lowest BCUT2D eigenvalue weighted by Gasteiger charge is -2.17. The zero-order chi connectivity index (χ0) is 16.2. The summed E-state index contributed by atoms with van der Waals surface area (Å²) < 4.78 is 0. The number of hydrogen-bond acceptors (Lipinski definition) is 2. The fraction of sp³-hybridized carbons (Fsp3) is 0.529. The molecular formula is C17H26N2O2. The molecule has 0 fully saturated rings. The van der Waals surface area contributed by atoms with Gasteiger partial charge in [0.1, 0.15) is 0 Å².